The third-order valence-corrected chi connectivity index (χ3v) is 14.2. The van der Waals surface area contributed by atoms with Crippen LogP contribution in [0.2, 0.25) is 0 Å². The molecule has 2 N–H and O–H groups in total. The highest BCUT2D eigenvalue weighted by molar-refractivity contribution is 7.45. The fraction of sp³-hybridized carbons (Fsp3) is 0.912. The highest BCUT2D eigenvalue weighted by atomic mass is 31.2. The molecule has 8 nitrogen and oxygen atoms in total. The predicted octanol–water partition coefficient (Wildman–Crippen LogP) is 16.6. The Balaban J connectivity index is 4.11. The van der Waals surface area contributed by atoms with Gasteiger partial charge >= 0.3 is 0 Å². The summed E-state index contributed by atoms with van der Waals surface area (Å²) in [5.74, 6) is -0.175. The summed E-state index contributed by atoms with van der Waals surface area (Å²) in [5, 5.41) is 14.0. The number of unbranched alkanes of at least 4 members (excludes halogenated alkanes) is 36. The van der Waals surface area contributed by atoms with Crippen LogP contribution in [0.1, 0.15) is 284 Å². The average molecular weight is 954 g/mol. The predicted molar refractivity (Wildman–Crippen MR) is 284 cm³/mol. The Bertz CT molecular complexity index is 1130. The van der Waals surface area contributed by atoms with Crippen molar-refractivity contribution >= 4 is 13.7 Å². The first-order chi connectivity index (χ1) is 32.0. The van der Waals surface area contributed by atoms with Crippen LogP contribution in [0.4, 0.5) is 0 Å². The second-order valence-electron chi connectivity index (χ2n) is 21.0. The molecule has 0 aliphatic rings. The maximum Gasteiger partial charge on any atom is 0.268 e. The molecule has 0 saturated heterocycles. The number of phosphoric ester groups is 1. The van der Waals surface area contributed by atoms with Crippen LogP contribution in [0.25, 0.3) is 0 Å². The number of nitrogens with one attached hydrogen (secondary N) is 1. The Labute approximate surface area is 411 Å². The molecular formula is C57H113N2O6P. The largest absolute Gasteiger partial charge is 0.756 e. The van der Waals surface area contributed by atoms with Gasteiger partial charge in [-0.25, -0.2) is 0 Å². The van der Waals surface area contributed by atoms with Crippen LogP contribution >= 0.6 is 7.82 Å². The lowest BCUT2D eigenvalue weighted by molar-refractivity contribution is -0.870. The molecule has 0 aliphatic heterocycles. The number of allylic oxidation sites excluding steroid dienone is 4. The smallest absolute Gasteiger partial charge is 0.268 e. The van der Waals surface area contributed by atoms with Gasteiger partial charge in [-0.3, -0.25) is 9.36 Å². The molecule has 1 amide bonds. The zero-order valence-corrected chi connectivity index (χ0v) is 45.6. The molecular weight excluding hydrogens is 840 g/mol. The average Bonchev–Trinajstić information content (AvgIpc) is 3.28. The van der Waals surface area contributed by atoms with Gasteiger partial charge in [-0.1, -0.05) is 256 Å². The second-order valence-corrected chi connectivity index (χ2v) is 22.4. The van der Waals surface area contributed by atoms with E-state index in [4.69, 9.17) is 9.05 Å². The van der Waals surface area contributed by atoms with E-state index in [0.717, 1.165) is 64.2 Å². The number of likely N-dealkylation sites (N-methyl/N-ethyl adjacent to an activating group) is 1. The Morgan fingerprint density at radius 2 is 0.879 bits per heavy atom. The van der Waals surface area contributed by atoms with Gasteiger partial charge in [0.1, 0.15) is 13.2 Å². The number of carbonyl (C=O) groups excluding carboxylic acids is 1. The van der Waals surface area contributed by atoms with Crippen LogP contribution < -0.4 is 10.2 Å². The Morgan fingerprint density at radius 1 is 0.530 bits per heavy atom. The zero-order valence-electron chi connectivity index (χ0n) is 44.7. The first kappa shape index (κ1) is 65.0. The van der Waals surface area contributed by atoms with Crippen molar-refractivity contribution in [2.75, 3.05) is 40.9 Å². The van der Waals surface area contributed by atoms with E-state index in [9.17, 15) is 19.4 Å². The van der Waals surface area contributed by atoms with E-state index in [0.29, 0.717) is 23.9 Å². The van der Waals surface area contributed by atoms with Crippen molar-refractivity contribution in [2.45, 2.75) is 296 Å². The lowest BCUT2D eigenvalue weighted by Gasteiger charge is -2.30. The fourth-order valence-corrected chi connectivity index (χ4v) is 9.38. The number of quaternary nitrogens is 1. The maximum atomic E-state index is 12.9. The van der Waals surface area contributed by atoms with Gasteiger partial charge in [0, 0.05) is 6.42 Å². The molecule has 0 bridgehead atoms. The number of hydrogen-bond donors (Lipinski definition) is 2. The summed E-state index contributed by atoms with van der Waals surface area (Å²) in [6, 6.07) is -0.807. The van der Waals surface area contributed by atoms with Crippen LogP contribution in [0.15, 0.2) is 24.3 Å². The van der Waals surface area contributed by atoms with Crippen LogP contribution in [-0.4, -0.2) is 68.5 Å². The minimum Gasteiger partial charge on any atom is -0.756 e. The van der Waals surface area contributed by atoms with Gasteiger partial charge in [0.15, 0.2) is 0 Å². The number of aliphatic hydroxyl groups is 1. The Morgan fingerprint density at radius 3 is 1.27 bits per heavy atom. The monoisotopic (exact) mass is 953 g/mol. The summed E-state index contributed by atoms with van der Waals surface area (Å²) in [6.45, 7) is 4.72. The number of hydrogen-bond acceptors (Lipinski definition) is 6. The number of rotatable bonds is 53. The van der Waals surface area contributed by atoms with Gasteiger partial charge in [-0.05, 0) is 44.9 Å². The molecule has 0 rings (SSSR count). The summed E-state index contributed by atoms with van der Waals surface area (Å²) in [7, 11) is 1.30. The molecule has 0 fully saturated rings. The van der Waals surface area contributed by atoms with Gasteiger partial charge in [-0.15, -0.1) is 0 Å². The van der Waals surface area contributed by atoms with Crippen molar-refractivity contribution in [1.29, 1.82) is 0 Å². The van der Waals surface area contributed by atoms with Crippen molar-refractivity contribution in [3.05, 3.63) is 24.3 Å². The van der Waals surface area contributed by atoms with E-state index in [1.54, 1.807) is 0 Å². The highest BCUT2D eigenvalue weighted by Gasteiger charge is 2.24. The van der Waals surface area contributed by atoms with E-state index < -0.39 is 20.0 Å². The van der Waals surface area contributed by atoms with E-state index in [2.05, 4.69) is 43.5 Å². The molecule has 3 atom stereocenters. The van der Waals surface area contributed by atoms with E-state index >= 15 is 0 Å². The minimum absolute atomic E-state index is 0.0103. The number of phosphoric acid groups is 1. The van der Waals surface area contributed by atoms with Crippen molar-refractivity contribution < 1.29 is 32.9 Å². The van der Waals surface area contributed by atoms with Gasteiger partial charge in [0.25, 0.3) is 7.82 Å². The van der Waals surface area contributed by atoms with Crippen molar-refractivity contribution in [3.8, 4) is 0 Å². The lowest BCUT2D eigenvalue weighted by Crippen LogP contribution is -2.46. The normalized spacial score (nSPS) is 14.1. The zero-order chi connectivity index (χ0) is 48.5. The molecule has 0 aliphatic carbocycles. The molecule has 0 aromatic carbocycles. The van der Waals surface area contributed by atoms with Gasteiger partial charge in [0.2, 0.25) is 5.91 Å². The fourth-order valence-electron chi connectivity index (χ4n) is 8.66. The van der Waals surface area contributed by atoms with Crippen molar-refractivity contribution in [1.82, 2.24) is 5.32 Å². The number of carbonyl (C=O) groups is 1. The molecule has 3 unspecified atom stereocenters. The van der Waals surface area contributed by atoms with Crippen LogP contribution in [0.3, 0.4) is 0 Å². The van der Waals surface area contributed by atoms with Crippen molar-refractivity contribution in [3.63, 3.8) is 0 Å². The quantitative estimate of drug-likeness (QED) is 0.0272. The highest BCUT2D eigenvalue weighted by Crippen LogP contribution is 2.38. The molecule has 0 radical (unpaired) electrons. The summed E-state index contributed by atoms with van der Waals surface area (Å²) in [4.78, 5) is 25.5. The molecule has 66 heavy (non-hydrogen) atoms. The standard InChI is InChI=1S/C57H113N2O6P/c1-6-8-10-12-14-16-18-20-22-24-25-26-27-28-29-30-31-32-33-34-35-36-38-40-42-44-46-48-50-56(60)55(54-65-66(62,63)64-53-52-59(3,4)5)58-57(61)51-49-47-45-43-41-39-37-23-21-19-17-15-13-11-9-7-2/h17,19,23,37,55-56,60H,6-16,18,20-22,24-36,38-54H2,1-5H3,(H-,58,61,62,63)/b19-17-,37-23-. The Hall–Kier alpha value is -1.02. The first-order valence-corrected chi connectivity index (χ1v) is 30.1. The van der Waals surface area contributed by atoms with Crippen molar-refractivity contribution in [2.24, 2.45) is 0 Å². The summed E-state index contributed by atoms with van der Waals surface area (Å²) < 4.78 is 23.4. The number of amides is 1. The van der Waals surface area contributed by atoms with Crippen LogP contribution in [0.5, 0.6) is 0 Å². The molecule has 0 spiro atoms. The second kappa shape index (κ2) is 49.0. The summed E-state index contributed by atoms with van der Waals surface area (Å²) >= 11 is 0. The number of aliphatic hydroxyl groups excluding tert-OH is 1. The lowest BCUT2D eigenvalue weighted by atomic mass is 10.0. The number of nitrogens with zero attached hydrogens (tertiary/aromatic N) is 1. The van der Waals surface area contributed by atoms with E-state index in [1.807, 2.05) is 21.1 Å². The summed E-state index contributed by atoms with van der Waals surface area (Å²) in [5.41, 5.74) is 0. The minimum atomic E-state index is -4.57. The molecule has 0 heterocycles. The third kappa shape index (κ3) is 50.8. The van der Waals surface area contributed by atoms with Crippen LogP contribution in [0, 0.1) is 0 Å². The van der Waals surface area contributed by atoms with Crippen LogP contribution in [-0.2, 0) is 18.4 Å². The molecule has 392 valence electrons. The summed E-state index contributed by atoms with van der Waals surface area (Å²) in [6.07, 6.45) is 60.7. The molecule has 0 aromatic rings. The molecule has 9 heteroatoms. The maximum absolute atomic E-state index is 12.9. The first-order valence-electron chi connectivity index (χ1n) is 28.7. The molecule has 0 aromatic heterocycles. The SMILES string of the molecule is CCCCCC/C=C\C/C=C\CCCCCCCC(=O)NC(COP(=O)([O-])OCC[N+](C)(C)C)C(O)CCCCCCCCCCCCCCCCCCCCCCCCCCCCCC. The van der Waals surface area contributed by atoms with E-state index in [1.165, 1.54) is 193 Å². The van der Waals surface area contributed by atoms with Gasteiger partial charge < -0.3 is 28.8 Å². The van der Waals surface area contributed by atoms with E-state index in [-0.39, 0.29) is 19.1 Å². The molecule has 0 saturated carbocycles. The third-order valence-electron chi connectivity index (χ3n) is 13.2. The Kier molecular flexibility index (Phi) is 48.2. The van der Waals surface area contributed by atoms with Gasteiger partial charge in [-0.2, -0.15) is 0 Å². The van der Waals surface area contributed by atoms with Gasteiger partial charge in [0.05, 0.1) is 39.9 Å². The topological polar surface area (TPSA) is 108 Å².